The molecule has 5 aromatic rings. The molecule has 116 heavy (non-hydrogen) atoms. The van der Waals surface area contributed by atoms with Gasteiger partial charge in [-0.15, -0.1) is 0 Å². The van der Waals surface area contributed by atoms with Crippen LogP contribution in [0.2, 0.25) is 0 Å². The Morgan fingerprint density at radius 1 is 0.578 bits per heavy atom. The first-order valence-electron chi connectivity index (χ1n) is 39.9. The van der Waals surface area contributed by atoms with Crippen molar-refractivity contribution >= 4 is 111 Å². The van der Waals surface area contributed by atoms with Crippen LogP contribution in [-0.4, -0.2) is 224 Å². The summed E-state index contributed by atoms with van der Waals surface area (Å²) >= 11 is 0. The van der Waals surface area contributed by atoms with Crippen molar-refractivity contribution in [3.63, 3.8) is 0 Å². The smallest absolute Gasteiger partial charge is 0.329 e. The predicted molar refractivity (Wildman–Crippen MR) is 425 cm³/mol. The van der Waals surface area contributed by atoms with Crippen LogP contribution in [0.4, 0.5) is 4.79 Å². The maximum Gasteiger partial charge on any atom is 0.329 e. The van der Waals surface area contributed by atoms with E-state index in [1.807, 2.05) is 0 Å². The highest BCUT2D eigenvalue weighted by molar-refractivity contribution is 6.00. The largest absolute Gasteiger partial charge is 0.508 e. The average Bonchev–Trinajstić information content (AvgIpc) is 1.66. The summed E-state index contributed by atoms with van der Waals surface area (Å²) in [5.74, 6) is -14.4. The number of carboxylic acids is 1. The van der Waals surface area contributed by atoms with Gasteiger partial charge in [0.25, 0.3) is 0 Å². The second-order valence-corrected chi connectivity index (χ2v) is 30.4. The lowest BCUT2D eigenvalue weighted by Gasteiger charge is -2.32. The highest BCUT2D eigenvalue weighted by Crippen LogP contribution is 2.26. The van der Waals surface area contributed by atoms with Gasteiger partial charge in [0.1, 0.15) is 66.2 Å². The summed E-state index contributed by atoms with van der Waals surface area (Å²) in [4.78, 5) is 226. The third kappa shape index (κ3) is 29.0. The number of amides is 14. The maximum absolute atomic E-state index is 14.8. The van der Waals surface area contributed by atoms with Gasteiger partial charge < -0.3 is 110 Å². The van der Waals surface area contributed by atoms with Gasteiger partial charge in [-0.1, -0.05) is 105 Å². The number of esters is 1. The number of fused-ring (bicyclic) bond motifs is 3. The van der Waals surface area contributed by atoms with Crippen LogP contribution in [0.15, 0.2) is 67.4 Å². The number of para-hydroxylation sites is 1. The Hall–Kier alpha value is -11.7. The Morgan fingerprint density at radius 3 is 1.74 bits per heavy atom. The third-order valence-corrected chi connectivity index (χ3v) is 20.6. The van der Waals surface area contributed by atoms with Crippen LogP contribution in [-0.2, 0) is 91.1 Å². The van der Waals surface area contributed by atoms with Crippen LogP contribution in [0, 0.1) is 17.8 Å². The monoisotopic (exact) mass is 1620 g/mol. The topological polar surface area (TPSA) is 566 Å². The highest BCUT2D eigenvalue weighted by Gasteiger charge is 2.41. The van der Waals surface area contributed by atoms with E-state index in [0.717, 1.165) is 38.5 Å². The lowest BCUT2D eigenvalue weighted by atomic mass is 9.99. The second-order valence-electron chi connectivity index (χ2n) is 30.4. The lowest BCUT2D eigenvalue weighted by Crippen LogP contribution is -2.60. The fourth-order valence-corrected chi connectivity index (χ4v) is 13.9. The van der Waals surface area contributed by atoms with E-state index < -0.39 is 194 Å². The number of ether oxygens (including phenoxy) is 1. The Bertz CT molecular complexity index is 4200. The number of cyclic esters (lactones) is 1. The number of phenols is 1. The minimum atomic E-state index is -1.90. The number of nitrogens with zero attached hydrogens (tertiary/aromatic N) is 2. The molecule has 11 atom stereocenters. The maximum atomic E-state index is 14.8. The Kier molecular flexibility index (Phi) is 36.3. The molecule has 2 unspecified atom stereocenters. The highest BCUT2D eigenvalue weighted by atomic mass is 16.5. The number of H-pyrrole nitrogens is 3. The molecule has 0 bridgehead atoms. The van der Waals surface area contributed by atoms with Crippen LogP contribution in [0.1, 0.15) is 168 Å². The fraction of sp³-hybridized carbons (Fsp3) is 0.570. The summed E-state index contributed by atoms with van der Waals surface area (Å²) in [5.41, 5.74) is 13.8. The molecule has 0 saturated carbocycles. The minimum Gasteiger partial charge on any atom is -0.508 e. The fourth-order valence-electron chi connectivity index (χ4n) is 13.9. The predicted octanol–water partition coefficient (Wildman–Crippen LogP) is 0.780. The molecule has 2 aliphatic rings. The summed E-state index contributed by atoms with van der Waals surface area (Å²) in [5, 5.41) is 52.8. The number of hydrogen-bond donors (Lipinski definition) is 19. The summed E-state index contributed by atoms with van der Waals surface area (Å²) in [7, 11) is 0. The third-order valence-electron chi connectivity index (χ3n) is 20.6. The van der Waals surface area contributed by atoms with Crippen molar-refractivity contribution in [1.82, 2.24) is 88.6 Å². The second kappa shape index (κ2) is 46.0. The molecule has 5 heterocycles. The number of aromatic hydroxyl groups is 1. The molecule has 634 valence electrons. The number of carboxylic acid groups (broad SMARTS) is 1. The van der Waals surface area contributed by atoms with Gasteiger partial charge in [0.05, 0.1) is 38.8 Å². The van der Waals surface area contributed by atoms with Crippen LogP contribution in [0.3, 0.4) is 0 Å². The van der Waals surface area contributed by atoms with Gasteiger partial charge in [-0.3, -0.25) is 62.3 Å². The standard InChI is InChI=1S/C79H115N19O18/c1-7-46(6)19-12-10-8-9-11-13-20-51-35-63(100)90-56(23-16-28-80)72(108)94-60(33-49-39-82-43-89-49)74(110)97-69(45(4)5)77(113)98-30-18-25-62(98)75(111)88-41-64(101)91-57(24-17-29-83-79(81)115)73(109)93-59(32-48-38-85-55-27-26-50(99)34-53(48)55)71(107)86-40-65(102)92-58(31-47-37-84-54-22-15-14-21-52(47)54)70(106)87-42-66(103)96-68(44(2)3)76(112)95-61(36-67(104)105)78(114)116-51/h14-15,21-22,26-27,34,37-39,43-46,51,56-62,68-69,84-85,99H,7-13,16-20,23-25,28-33,35-36,40-42,80H2,1-6H3,(H,82,89)(H,86,107)(H,87,106)(H,88,111)(H,90,100)(H,91,101)(H,92,102)(H,93,109)(H,94,108)(H,95,112)(H,96,103)(H,97,110)(H,104,105)(H3,81,83,115)/t46?,51?,56-,57-,58-,59-,60-,61-,62-,68-,69-/m0/s1. The zero-order chi connectivity index (χ0) is 84.5. The van der Waals surface area contributed by atoms with Crippen molar-refractivity contribution in [2.75, 3.05) is 39.3 Å². The van der Waals surface area contributed by atoms with Crippen LogP contribution in [0.5, 0.6) is 5.75 Å². The number of phenolic OH excluding ortho intramolecular Hbond substituents is 1. The van der Waals surface area contributed by atoms with Crippen molar-refractivity contribution < 1.29 is 86.9 Å². The number of carbonyl (C=O) groups is 15. The molecule has 2 fully saturated rings. The molecule has 2 aliphatic heterocycles. The van der Waals surface area contributed by atoms with E-state index in [-0.39, 0.29) is 83.2 Å². The average molecular weight is 1620 g/mol. The molecule has 2 aromatic carbocycles. The van der Waals surface area contributed by atoms with Crippen molar-refractivity contribution in [2.45, 2.75) is 230 Å². The van der Waals surface area contributed by atoms with Gasteiger partial charge in [0.15, 0.2) is 0 Å². The number of aliphatic carboxylic acids is 1. The molecular weight excluding hydrogens is 1500 g/mol. The summed E-state index contributed by atoms with van der Waals surface area (Å²) < 4.78 is 5.96. The van der Waals surface area contributed by atoms with Gasteiger partial charge in [-0.05, 0) is 111 Å². The number of aromatic amines is 3. The van der Waals surface area contributed by atoms with E-state index in [0.29, 0.717) is 63.8 Å². The summed E-state index contributed by atoms with van der Waals surface area (Å²) in [6, 6.07) is -2.68. The number of primary amides is 1. The number of rotatable bonds is 27. The molecule has 14 amide bonds. The normalized spacial score (nSPS) is 22.8. The van der Waals surface area contributed by atoms with Crippen molar-refractivity contribution in [3.8, 4) is 5.75 Å². The molecule has 21 N–H and O–H groups in total. The van der Waals surface area contributed by atoms with E-state index in [1.54, 1.807) is 64.2 Å². The minimum absolute atomic E-state index is 0.0199. The van der Waals surface area contributed by atoms with Crippen LogP contribution in [0.25, 0.3) is 21.8 Å². The Balaban J connectivity index is 1.22. The van der Waals surface area contributed by atoms with Gasteiger partial charge in [-0.2, -0.15) is 0 Å². The molecule has 0 aliphatic carbocycles. The van der Waals surface area contributed by atoms with E-state index in [1.165, 1.54) is 35.8 Å². The molecule has 37 heteroatoms. The van der Waals surface area contributed by atoms with Crippen molar-refractivity contribution in [1.29, 1.82) is 0 Å². The van der Waals surface area contributed by atoms with E-state index in [4.69, 9.17) is 16.2 Å². The number of benzene rings is 2. The number of aromatic nitrogens is 4. The van der Waals surface area contributed by atoms with Crippen LogP contribution >= 0.6 is 0 Å². The lowest BCUT2D eigenvalue weighted by molar-refractivity contribution is -0.157. The number of unbranched alkanes of at least 4 members (excludes halogenated alkanes) is 5. The summed E-state index contributed by atoms with van der Waals surface area (Å²) in [6.07, 6.45) is 9.75. The van der Waals surface area contributed by atoms with Crippen LogP contribution < -0.4 is 75.3 Å². The first-order chi connectivity index (χ1) is 55.4. The molecule has 3 aromatic heterocycles. The van der Waals surface area contributed by atoms with Gasteiger partial charge >= 0.3 is 18.0 Å². The molecule has 0 radical (unpaired) electrons. The SMILES string of the molecule is CCC(C)CCCCCCCCC1CC(=O)N[C@@H](CCCN)C(=O)N[C@@H](Cc2cnc[nH]2)C(=O)N[C@@H](C(C)C)C(=O)N2CCC[C@H]2C(=O)NCC(=O)N[C@@H](CCCNC(N)=O)C(=O)N[C@@H](Cc2c[nH]c3ccc(O)cc23)C(=O)NCC(=O)N[C@@H](Cc2c[nH]c3ccccc23)C(=O)NCC(=O)N[C@@H](C(C)C)C(=O)N[C@@H](CC(=O)O)C(=O)O1. The quantitative estimate of drug-likeness (QED) is 0.0255. The van der Waals surface area contributed by atoms with E-state index in [9.17, 15) is 82.1 Å². The number of nitrogens with two attached hydrogens (primary N) is 2. The molecule has 2 saturated heterocycles. The Morgan fingerprint density at radius 2 is 1.13 bits per heavy atom. The number of urea groups is 1. The number of nitrogens with one attached hydrogen (secondary N) is 15. The number of carbonyl (C=O) groups excluding carboxylic acids is 14. The molecule has 0 spiro atoms. The van der Waals surface area contributed by atoms with Gasteiger partial charge in [0.2, 0.25) is 70.9 Å². The first-order valence-corrected chi connectivity index (χ1v) is 39.9. The number of hydrogen-bond acceptors (Lipinski definition) is 19. The summed E-state index contributed by atoms with van der Waals surface area (Å²) in [6.45, 7) is 8.36. The van der Waals surface area contributed by atoms with E-state index >= 15 is 0 Å². The van der Waals surface area contributed by atoms with Gasteiger partial charge in [-0.25, -0.2) is 14.6 Å². The first kappa shape index (κ1) is 91.5. The van der Waals surface area contributed by atoms with Crippen molar-refractivity contribution in [2.24, 2.45) is 29.2 Å². The molecular formula is C79H115N19O18. The van der Waals surface area contributed by atoms with Gasteiger partial charge in [0, 0.05) is 78.4 Å². The molecule has 7 rings (SSSR count). The van der Waals surface area contributed by atoms with E-state index in [2.05, 4.69) is 97.6 Å². The Labute approximate surface area is 672 Å². The zero-order valence-electron chi connectivity index (χ0n) is 66.7. The zero-order valence-corrected chi connectivity index (χ0v) is 66.7. The van der Waals surface area contributed by atoms with Crippen molar-refractivity contribution in [3.05, 3.63) is 84.2 Å². The number of imidazole rings is 1. The molecule has 37 nitrogen and oxygen atoms in total.